The summed E-state index contributed by atoms with van der Waals surface area (Å²) in [6.07, 6.45) is 2.18. The topological polar surface area (TPSA) is 106 Å². The predicted molar refractivity (Wildman–Crippen MR) is 181 cm³/mol. The van der Waals surface area contributed by atoms with Crippen molar-refractivity contribution >= 4 is 46.9 Å². The molecule has 45 heavy (non-hydrogen) atoms. The third-order valence-corrected chi connectivity index (χ3v) is 8.29. The van der Waals surface area contributed by atoms with Crippen molar-refractivity contribution in [3.8, 4) is 11.5 Å². The number of nitrogens with one attached hydrogen (secondary N) is 3. The highest BCUT2D eigenvalue weighted by Gasteiger charge is 2.20. The summed E-state index contributed by atoms with van der Waals surface area (Å²) in [5.41, 5.74) is 4.44. The Labute approximate surface area is 268 Å². The highest BCUT2D eigenvalue weighted by Crippen LogP contribution is 2.30. The number of thioether (sulfide) groups is 1. The number of hydrogen-bond acceptors (Lipinski definition) is 6. The number of rotatable bonds is 12. The monoisotopic (exact) mass is 623 g/mol. The molecule has 0 aliphatic carbocycles. The van der Waals surface area contributed by atoms with Gasteiger partial charge in [-0.05, 0) is 91.6 Å². The number of ether oxygens (including phenoxy) is 2. The lowest BCUT2D eigenvalue weighted by Gasteiger charge is -2.17. The van der Waals surface area contributed by atoms with E-state index in [1.165, 1.54) is 18.9 Å². The first kappa shape index (κ1) is 32.9. The molecular formula is C36H37N3O5S. The first-order valence-electron chi connectivity index (χ1n) is 14.5. The van der Waals surface area contributed by atoms with Gasteiger partial charge in [-0.1, -0.05) is 49.4 Å². The van der Waals surface area contributed by atoms with Gasteiger partial charge in [-0.25, -0.2) is 0 Å². The van der Waals surface area contributed by atoms with E-state index >= 15 is 0 Å². The van der Waals surface area contributed by atoms with Gasteiger partial charge in [0.1, 0.15) is 5.70 Å². The summed E-state index contributed by atoms with van der Waals surface area (Å²) in [5.74, 6) is -0.0127. The van der Waals surface area contributed by atoms with E-state index in [4.69, 9.17) is 9.47 Å². The van der Waals surface area contributed by atoms with Gasteiger partial charge in [0.25, 0.3) is 11.8 Å². The van der Waals surface area contributed by atoms with Crippen molar-refractivity contribution in [1.29, 1.82) is 0 Å². The van der Waals surface area contributed by atoms with E-state index in [0.717, 1.165) is 21.7 Å². The molecule has 4 rings (SSSR count). The van der Waals surface area contributed by atoms with Crippen LogP contribution in [-0.4, -0.2) is 37.2 Å². The van der Waals surface area contributed by atoms with Gasteiger partial charge in [-0.15, -0.1) is 11.8 Å². The van der Waals surface area contributed by atoms with Crippen molar-refractivity contribution in [2.24, 2.45) is 0 Å². The molecule has 0 fully saturated rings. The van der Waals surface area contributed by atoms with Gasteiger partial charge in [0.15, 0.2) is 11.5 Å². The fourth-order valence-electron chi connectivity index (χ4n) is 4.47. The third kappa shape index (κ3) is 9.00. The fraction of sp³-hybridized carbons (Fsp3) is 0.194. The Bertz CT molecular complexity index is 1700. The first-order chi connectivity index (χ1) is 21.7. The van der Waals surface area contributed by atoms with Crippen LogP contribution in [0.15, 0.2) is 102 Å². The maximum Gasteiger partial charge on any atom is 0.272 e. The van der Waals surface area contributed by atoms with Crippen LogP contribution in [-0.2, 0) is 9.59 Å². The van der Waals surface area contributed by atoms with Gasteiger partial charge >= 0.3 is 0 Å². The Hall–Kier alpha value is -5.02. The molecule has 1 atom stereocenters. The van der Waals surface area contributed by atoms with E-state index in [0.29, 0.717) is 34.7 Å². The second kappa shape index (κ2) is 15.6. The third-order valence-electron chi connectivity index (χ3n) is 6.93. The molecule has 1 unspecified atom stereocenters. The van der Waals surface area contributed by atoms with Gasteiger partial charge in [0, 0.05) is 21.8 Å². The molecule has 0 saturated carbocycles. The first-order valence-corrected chi connectivity index (χ1v) is 15.3. The summed E-state index contributed by atoms with van der Waals surface area (Å²) in [6.45, 7) is 5.92. The van der Waals surface area contributed by atoms with Crippen LogP contribution in [0.1, 0.15) is 40.4 Å². The van der Waals surface area contributed by atoms with E-state index in [9.17, 15) is 14.4 Å². The van der Waals surface area contributed by atoms with Crippen LogP contribution >= 0.6 is 11.8 Å². The Kier molecular flexibility index (Phi) is 11.4. The molecular weight excluding hydrogens is 586 g/mol. The number of methoxy groups -OCH3 is 2. The highest BCUT2D eigenvalue weighted by atomic mass is 32.2. The molecule has 9 heteroatoms. The molecule has 4 aromatic carbocycles. The van der Waals surface area contributed by atoms with Gasteiger partial charge in [-0.2, -0.15) is 0 Å². The molecule has 3 amide bonds. The molecule has 0 bridgehead atoms. The summed E-state index contributed by atoms with van der Waals surface area (Å²) in [5, 5.41) is 8.36. The number of amides is 3. The molecule has 0 heterocycles. The molecule has 0 aromatic heterocycles. The normalized spacial score (nSPS) is 11.7. The number of carbonyl (C=O) groups is 3. The van der Waals surface area contributed by atoms with Crippen LogP contribution < -0.4 is 25.4 Å². The molecule has 0 aliphatic heterocycles. The van der Waals surface area contributed by atoms with Crippen molar-refractivity contribution in [3.05, 3.63) is 119 Å². The predicted octanol–water partition coefficient (Wildman–Crippen LogP) is 7.24. The van der Waals surface area contributed by atoms with Gasteiger partial charge in [0.05, 0.1) is 19.5 Å². The lowest BCUT2D eigenvalue weighted by molar-refractivity contribution is -0.116. The van der Waals surface area contributed by atoms with E-state index in [1.807, 2.05) is 63.2 Å². The van der Waals surface area contributed by atoms with Gasteiger partial charge in [0.2, 0.25) is 5.91 Å². The average molecular weight is 624 g/mol. The summed E-state index contributed by atoms with van der Waals surface area (Å²) in [7, 11) is 3.07. The van der Waals surface area contributed by atoms with Crippen LogP contribution in [0.3, 0.4) is 0 Å². The standard InChI is InChI=1S/C36H37N3O5S/c1-6-33(36(42)38-29-19-23(2)15-16-24(29)3)45-28-14-10-13-27(22-28)37-35(41)30(39-34(40)26-11-8-7-9-12-26)20-25-17-18-31(43-4)32(21-25)44-5/h7-22,33H,6H2,1-5H3,(H,37,41)(H,38,42)(H,39,40)/b30-20+. The van der Waals surface area contributed by atoms with E-state index in [-0.39, 0.29) is 16.9 Å². The van der Waals surface area contributed by atoms with Crippen molar-refractivity contribution < 1.29 is 23.9 Å². The molecule has 0 spiro atoms. The summed E-state index contributed by atoms with van der Waals surface area (Å²) < 4.78 is 10.7. The largest absolute Gasteiger partial charge is 0.493 e. The average Bonchev–Trinajstić information content (AvgIpc) is 3.05. The van der Waals surface area contributed by atoms with Crippen molar-refractivity contribution in [2.75, 3.05) is 24.9 Å². The molecule has 0 radical (unpaired) electrons. The zero-order valence-corrected chi connectivity index (χ0v) is 26.8. The van der Waals surface area contributed by atoms with Gasteiger partial charge in [-0.3, -0.25) is 14.4 Å². The summed E-state index contributed by atoms with van der Waals surface area (Å²) in [6, 6.07) is 27.1. The molecule has 0 saturated heterocycles. The van der Waals surface area contributed by atoms with Crippen LogP contribution in [0.2, 0.25) is 0 Å². The van der Waals surface area contributed by atoms with Crippen LogP contribution in [0, 0.1) is 13.8 Å². The second-order valence-electron chi connectivity index (χ2n) is 10.3. The minimum atomic E-state index is -0.518. The quantitative estimate of drug-likeness (QED) is 0.114. The van der Waals surface area contributed by atoms with Crippen molar-refractivity contribution in [1.82, 2.24) is 5.32 Å². The Morgan fingerprint density at radius 2 is 1.58 bits per heavy atom. The Morgan fingerprint density at radius 3 is 2.29 bits per heavy atom. The lowest BCUT2D eigenvalue weighted by atomic mass is 10.1. The summed E-state index contributed by atoms with van der Waals surface area (Å²) in [4.78, 5) is 40.6. The minimum Gasteiger partial charge on any atom is -0.493 e. The zero-order valence-electron chi connectivity index (χ0n) is 26.0. The van der Waals surface area contributed by atoms with E-state index in [2.05, 4.69) is 16.0 Å². The highest BCUT2D eigenvalue weighted by molar-refractivity contribution is 8.00. The number of carbonyl (C=O) groups excluding carboxylic acids is 3. The Balaban J connectivity index is 1.54. The molecule has 3 N–H and O–H groups in total. The molecule has 8 nitrogen and oxygen atoms in total. The van der Waals surface area contributed by atoms with E-state index in [1.54, 1.807) is 61.7 Å². The van der Waals surface area contributed by atoms with Gasteiger partial charge < -0.3 is 25.4 Å². The van der Waals surface area contributed by atoms with Crippen molar-refractivity contribution in [3.63, 3.8) is 0 Å². The maximum absolute atomic E-state index is 13.6. The van der Waals surface area contributed by atoms with Crippen LogP contribution in [0.5, 0.6) is 11.5 Å². The number of hydrogen-bond donors (Lipinski definition) is 3. The fourth-order valence-corrected chi connectivity index (χ4v) is 5.48. The minimum absolute atomic E-state index is 0.0356. The second-order valence-corrected chi connectivity index (χ2v) is 11.6. The summed E-state index contributed by atoms with van der Waals surface area (Å²) >= 11 is 1.42. The smallest absolute Gasteiger partial charge is 0.272 e. The van der Waals surface area contributed by atoms with Crippen LogP contribution in [0.25, 0.3) is 6.08 Å². The lowest BCUT2D eigenvalue weighted by Crippen LogP contribution is -2.30. The van der Waals surface area contributed by atoms with Crippen molar-refractivity contribution in [2.45, 2.75) is 37.3 Å². The van der Waals surface area contributed by atoms with Crippen LogP contribution in [0.4, 0.5) is 11.4 Å². The zero-order chi connectivity index (χ0) is 32.3. The maximum atomic E-state index is 13.6. The Morgan fingerprint density at radius 1 is 0.822 bits per heavy atom. The number of anilines is 2. The van der Waals surface area contributed by atoms with E-state index < -0.39 is 11.8 Å². The molecule has 0 aliphatic rings. The molecule has 232 valence electrons. The molecule has 4 aromatic rings. The number of benzene rings is 4. The number of aryl methyl sites for hydroxylation is 2. The SMILES string of the molecule is CCC(Sc1cccc(NC(=O)/C(=C\c2ccc(OC)c(OC)c2)NC(=O)c2ccccc2)c1)C(=O)Nc1cc(C)ccc1C.